The first-order chi connectivity index (χ1) is 33.1. The largest absolute Gasteiger partial charge is 0.486 e. The molecule has 0 radical (unpaired) electrons. The summed E-state index contributed by atoms with van der Waals surface area (Å²) in [5.74, 6) is -0.736. The van der Waals surface area contributed by atoms with Gasteiger partial charge in [0.2, 0.25) is 0 Å². The molecule has 2 N–H and O–H groups in total. The minimum Gasteiger partial charge on any atom is -0.486 e. The van der Waals surface area contributed by atoms with Gasteiger partial charge in [0.25, 0.3) is 5.70 Å². The molecular formula is C58H42N4O6. The zero-order valence-corrected chi connectivity index (χ0v) is 36.9. The Morgan fingerprint density at radius 1 is 0.515 bits per heavy atom. The molecule has 0 unspecified atom stereocenters. The van der Waals surface area contributed by atoms with E-state index in [1.807, 2.05) is 97.1 Å². The summed E-state index contributed by atoms with van der Waals surface area (Å²) in [5.41, 5.74) is 9.65. The van der Waals surface area contributed by atoms with Crippen LogP contribution in [0.3, 0.4) is 0 Å². The fraction of sp³-hybridized carbons (Fsp3) is 0.0345. The summed E-state index contributed by atoms with van der Waals surface area (Å²) >= 11 is 0. The number of para-hydroxylation sites is 2. The van der Waals surface area contributed by atoms with Gasteiger partial charge in [0, 0.05) is 39.7 Å². The first-order valence-corrected chi connectivity index (χ1v) is 21.4. The molecule has 2 aliphatic heterocycles. The third-order valence-electron chi connectivity index (χ3n) is 10.9. The minimum atomic E-state index is -1.29. The summed E-state index contributed by atoms with van der Waals surface area (Å²) in [5, 5.41) is 28.3. The molecule has 8 rings (SSSR count). The summed E-state index contributed by atoms with van der Waals surface area (Å²) in [6.07, 6.45) is 13.4. The molecule has 0 saturated carbocycles. The van der Waals surface area contributed by atoms with E-state index in [0.29, 0.717) is 28.6 Å². The van der Waals surface area contributed by atoms with E-state index in [4.69, 9.17) is 16.0 Å². The van der Waals surface area contributed by atoms with Crippen molar-refractivity contribution in [1.29, 1.82) is 5.26 Å². The number of nitriles is 1. The number of hydrogen-bond acceptors (Lipinski definition) is 7. The van der Waals surface area contributed by atoms with Crippen molar-refractivity contribution in [3.05, 3.63) is 262 Å². The highest BCUT2D eigenvalue weighted by Gasteiger charge is 2.19. The van der Waals surface area contributed by atoms with Crippen LogP contribution >= 0.6 is 0 Å². The van der Waals surface area contributed by atoms with Gasteiger partial charge in [-0.15, -0.1) is 0 Å². The number of rotatable bonds is 13. The molecule has 2 heterocycles. The monoisotopic (exact) mass is 890 g/mol. The van der Waals surface area contributed by atoms with Gasteiger partial charge < -0.3 is 29.5 Å². The number of hydrogen-bond donors (Lipinski definition) is 2. The Hall–Kier alpha value is -9.64. The molecule has 0 fully saturated rings. The molecule has 10 nitrogen and oxygen atoms in total. The van der Waals surface area contributed by atoms with Crippen LogP contribution in [0.15, 0.2) is 240 Å². The maximum absolute atomic E-state index is 11.6. The van der Waals surface area contributed by atoms with Crippen LogP contribution in [-0.2, 0) is 19.1 Å². The highest BCUT2D eigenvalue weighted by Crippen LogP contribution is 2.38. The van der Waals surface area contributed by atoms with Crippen molar-refractivity contribution in [3.63, 3.8) is 0 Å². The average molecular weight is 891 g/mol. The summed E-state index contributed by atoms with van der Waals surface area (Å²) in [4.78, 5) is 30.7. The first-order valence-electron chi connectivity index (χ1n) is 21.4. The van der Waals surface area contributed by atoms with E-state index in [2.05, 4.69) is 87.4 Å². The van der Waals surface area contributed by atoms with Crippen molar-refractivity contribution < 1.29 is 29.3 Å². The molecule has 2 aliphatic rings. The van der Waals surface area contributed by atoms with E-state index in [1.54, 1.807) is 50.3 Å². The normalized spacial score (nSPS) is 14.8. The second kappa shape index (κ2) is 20.5. The summed E-state index contributed by atoms with van der Waals surface area (Å²) < 4.78 is 11.6. The van der Waals surface area contributed by atoms with Crippen LogP contribution in [0.2, 0.25) is 0 Å². The Morgan fingerprint density at radius 2 is 0.882 bits per heavy atom. The lowest BCUT2D eigenvalue weighted by Crippen LogP contribution is -2.10. The lowest BCUT2D eigenvalue weighted by molar-refractivity contribution is -0.133. The van der Waals surface area contributed by atoms with Crippen LogP contribution < -0.4 is 9.80 Å². The van der Waals surface area contributed by atoms with Gasteiger partial charge in [0.15, 0.2) is 0 Å². The molecule has 68 heavy (non-hydrogen) atoms. The van der Waals surface area contributed by atoms with E-state index in [0.717, 1.165) is 56.4 Å². The standard InChI is InChI=1S/C58H42N4O6/c1-39-34-45(55(38-59)57(63)64)36-53(67-39)32-18-41-14-24-49(25-15-41)61(47-10-6-4-7-11-47)51-28-20-43(21-29-51)44-22-30-52(31-23-44)62(48-12-8-5-9-13-48)50-26-16-42(17-27-50)19-33-54-37-46(35-40(2)68-54)56(60-3)58(65)66/h4-37H,1-2H3,(H,63,64)(H,65,66)/b32-18+,33-19+,55-45+,56-46-. The highest BCUT2D eigenvalue weighted by molar-refractivity contribution is 5.93. The number of carbonyl (C=O) groups is 2. The number of anilines is 6. The average Bonchev–Trinajstić information content (AvgIpc) is 3.35. The van der Waals surface area contributed by atoms with Crippen molar-refractivity contribution in [1.82, 2.24) is 0 Å². The predicted molar refractivity (Wildman–Crippen MR) is 267 cm³/mol. The lowest BCUT2D eigenvalue weighted by Gasteiger charge is -2.26. The SMILES string of the molecule is [C-]#[N+]/C(C(=O)O)=C1/C=C(C)OC(/C=C/c2ccc(N(c3ccccc3)c3ccc(-c4ccc(N(c5ccccc5)c5ccc(/C=C/C6=CC(=C(\C#N)C(=O)O)/C=C(C)O6)cc5)cc4)cc3)cc2)=C1. The van der Waals surface area contributed by atoms with Crippen LogP contribution in [0, 0.1) is 17.9 Å². The van der Waals surface area contributed by atoms with Gasteiger partial charge >= 0.3 is 11.9 Å². The van der Waals surface area contributed by atoms with E-state index in [-0.39, 0.29) is 16.8 Å². The van der Waals surface area contributed by atoms with E-state index in [1.165, 1.54) is 6.08 Å². The minimum absolute atomic E-state index is 0.284. The molecule has 0 atom stereocenters. The number of carboxylic acid groups (broad SMARTS) is 2. The van der Waals surface area contributed by atoms with E-state index in [9.17, 15) is 25.1 Å². The third-order valence-corrected chi connectivity index (χ3v) is 10.9. The van der Waals surface area contributed by atoms with Crippen LogP contribution in [0.5, 0.6) is 0 Å². The Kier molecular flexibility index (Phi) is 13.5. The Labute approximate surface area is 394 Å². The zero-order chi connectivity index (χ0) is 47.6. The van der Waals surface area contributed by atoms with Gasteiger partial charge in [-0.3, -0.25) is 4.79 Å². The van der Waals surface area contributed by atoms with Crippen LogP contribution in [-0.4, -0.2) is 22.2 Å². The maximum atomic E-state index is 11.6. The summed E-state index contributed by atoms with van der Waals surface area (Å²) in [6.45, 7) is 10.7. The second-order valence-electron chi connectivity index (χ2n) is 15.6. The van der Waals surface area contributed by atoms with Gasteiger partial charge in [0.05, 0.1) is 6.57 Å². The first kappa shape index (κ1) is 44.9. The molecule has 0 aromatic heterocycles. The third kappa shape index (κ3) is 10.5. The fourth-order valence-electron chi connectivity index (χ4n) is 7.71. The van der Waals surface area contributed by atoms with E-state index < -0.39 is 11.9 Å². The van der Waals surface area contributed by atoms with Gasteiger partial charge in [-0.2, -0.15) is 5.26 Å². The van der Waals surface area contributed by atoms with Crippen molar-refractivity contribution in [2.45, 2.75) is 13.8 Å². The highest BCUT2D eigenvalue weighted by atomic mass is 16.5. The number of aliphatic carboxylic acids is 2. The van der Waals surface area contributed by atoms with Gasteiger partial charge in [-0.1, -0.05) is 97.1 Å². The number of carboxylic acids is 2. The number of benzene rings is 6. The van der Waals surface area contributed by atoms with Crippen LogP contribution in [0.1, 0.15) is 25.0 Å². The quantitative estimate of drug-likeness (QED) is 0.0662. The maximum Gasteiger partial charge on any atom is 0.347 e. The molecule has 0 aliphatic carbocycles. The molecular weight excluding hydrogens is 849 g/mol. The van der Waals surface area contributed by atoms with Gasteiger partial charge in [0.1, 0.15) is 34.7 Å². The fourth-order valence-corrected chi connectivity index (χ4v) is 7.71. The van der Waals surface area contributed by atoms with E-state index >= 15 is 0 Å². The second-order valence-corrected chi connectivity index (χ2v) is 15.6. The molecule has 0 saturated heterocycles. The molecule has 6 aromatic rings. The number of nitrogens with zero attached hydrogens (tertiary/aromatic N) is 4. The summed E-state index contributed by atoms with van der Waals surface area (Å²) in [7, 11) is 0. The Morgan fingerprint density at radius 3 is 1.25 bits per heavy atom. The lowest BCUT2D eigenvalue weighted by atomic mass is 10.0. The van der Waals surface area contributed by atoms with Crippen molar-refractivity contribution >= 4 is 58.2 Å². The number of allylic oxidation sites excluding steroid dienone is 10. The molecule has 10 heteroatoms. The summed E-state index contributed by atoms with van der Waals surface area (Å²) in [6, 6.07) is 55.2. The van der Waals surface area contributed by atoms with Crippen molar-refractivity contribution in [2.24, 2.45) is 0 Å². The van der Waals surface area contributed by atoms with Gasteiger partial charge in [-0.05, 0) is 151 Å². The zero-order valence-electron chi connectivity index (χ0n) is 36.9. The van der Waals surface area contributed by atoms with Crippen LogP contribution in [0.4, 0.5) is 34.1 Å². The van der Waals surface area contributed by atoms with Crippen molar-refractivity contribution in [3.8, 4) is 17.2 Å². The van der Waals surface area contributed by atoms with Gasteiger partial charge in [-0.25, -0.2) is 9.64 Å². The molecule has 330 valence electrons. The number of ether oxygens (including phenoxy) is 2. The predicted octanol–water partition coefficient (Wildman–Crippen LogP) is 14.1. The Balaban J connectivity index is 1.01. The molecule has 0 spiro atoms. The van der Waals surface area contributed by atoms with Crippen LogP contribution in [0.25, 0.3) is 28.1 Å². The topological polar surface area (TPSA) is 128 Å². The van der Waals surface area contributed by atoms with Crippen molar-refractivity contribution in [2.75, 3.05) is 9.80 Å². The molecule has 0 bridgehead atoms. The molecule has 0 amide bonds. The smallest absolute Gasteiger partial charge is 0.347 e. The Bertz CT molecular complexity index is 3000. The molecule has 6 aromatic carbocycles.